The summed E-state index contributed by atoms with van der Waals surface area (Å²) in [6.07, 6.45) is 4.22. The minimum absolute atomic E-state index is 0.0468. The average Bonchev–Trinajstić information content (AvgIpc) is 2.95. The van der Waals surface area contributed by atoms with E-state index in [0.29, 0.717) is 12.1 Å². The van der Waals surface area contributed by atoms with Crippen molar-refractivity contribution >= 4 is 33.0 Å². The zero-order valence-electron chi connectivity index (χ0n) is 9.99. The fraction of sp³-hybridized carbons (Fsp3) is 0.222. The molecular weight excluding hydrogens is 288 g/mol. The van der Waals surface area contributed by atoms with E-state index in [1.54, 1.807) is 4.57 Å². The molecule has 0 aliphatic heterocycles. The van der Waals surface area contributed by atoms with E-state index >= 15 is 0 Å². The lowest BCUT2D eigenvalue weighted by Gasteiger charge is -2.05. The molecule has 2 rings (SSSR count). The first-order chi connectivity index (χ1) is 8.94. The van der Waals surface area contributed by atoms with Gasteiger partial charge < -0.3 is 10.3 Å². The van der Waals surface area contributed by atoms with Gasteiger partial charge in [-0.05, 0) is 6.92 Å². The molecule has 0 saturated carbocycles. The molecule has 0 aliphatic rings. The number of anilines is 1. The van der Waals surface area contributed by atoms with Gasteiger partial charge in [-0.2, -0.15) is 13.5 Å². The van der Waals surface area contributed by atoms with Crippen LogP contribution in [0.2, 0.25) is 0 Å². The molecule has 10 heteroatoms. The maximum atomic E-state index is 12.1. The highest BCUT2D eigenvalue weighted by Gasteiger charge is 2.20. The maximum absolute atomic E-state index is 12.1. The zero-order valence-corrected chi connectivity index (χ0v) is 11.6. The van der Waals surface area contributed by atoms with Gasteiger partial charge in [-0.1, -0.05) is 12.2 Å². The molecule has 2 heterocycles. The second-order valence-electron chi connectivity index (χ2n) is 3.67. The van der Waals surface area contributed by atoms with Crippen LogP contribution in [0.5, 0.6) is 0 Å². The highest BCUT2D eigenvalue weighted by molar-refractivity contribution is 7.92. The molecule has 0 saturated heterocycles. The van der Waals surface area contributed by atoms with Crippen molar-refractivity contribution in [3.63, 3.8) is 0 Å². The van der Waals surface area contributed by atoms with Gasteiger partial charge in [0, 0.05) is 12.7 Å². The van der Waals surface area contributed by atoms with E-state index < -0.39 is 10.0 Å². The van der Waals surface area contributed by atoms with E-state index in [9.17, 15) is 8.42 Å². The summed E-state index contributed by atoms with van der Waals surface area (Å²) >= 11 is 4.80. The first kappa shape index (κ1) is 13.5. The number of nitrogens with two attached hydrogens (primary N) is 1. The van der Waals surface area contributed by atoms with Gasteiger partial charge in [0.2, 0.25) is 0 Å². The van der Waals surface area contributed by atoms with Gasteiger partial charge in [0.15, 0.2) is 5.03 Å². The van der Waals surface area contributed by atoms with Crippen LogP contribution in [0, 0.1) is 0 Å². The summed E-state index contributed by atoms with van der Waals surface area (Å²) in [4.78, 5) is 3.87. The Kier molecular flexibility index (Phi) is 3.53. The second-order valence-corrected chi connectivity index (χ2v) is 5.74. The van der Waals surface area contributed by atoms with Gasteiger partial charge in [-0.3, -0.25) is 9.82 Å². The second kappa shape index (κ2) is 4.97. The van der Waals surface area contributed by atoms with Crippen molar-refractivity contribution in [2.45, 2.75) is 18.5 Å². The molecule has 102 valence electrons. The molecule has 0 atom stereocenters. The number of hydrogen-bond acceptors (Lipinski definition) is 5. The normalized spacial score (nSPS) is 11.4. The highest BCUT2D eigenvalue weighted by atomic mass is 32.2. The fourth-order valence-electron chi connectivity index (χ4n) is 1.39. The highest BCUT2D eigenvalue weighted by Crippen LogP contribution is 2.16. The number of H-pyrrole nitrogens is 1. The van der Waals surface area contributed by atoms with E-state index in [1.807, 2.05) is 6.92 Å². The fourth-order valence-corrected chi connectivity index (χ4v) is 2.53. The van der Waals surface area contributed by atoms with Crippen LogP contribution in [-0.2, 0) is 16.6 Å². The van der Waals surface area contributed by atoms with Crippen molar-refractivity contribution < 1.29 is 8.42 Å². The molecule has 0 bridgehead atoms. The first-order valence-electron chi connectivity index (χ1n) is 5.32. The number of hydrogen-bond donors (Lipinski definition) is 3. The molecule has 19 heavy (non-hydrogen) atoms. The monoisotopic (exact) mass is 300 g/mol. The lowest BCUT2D eigenvalue weighted by atomic mass is 10.3. The maximum Gasteiger partial charge on any atom is 0.282 e. The van der Waals surface area contributed by atoms with Gasteiger partial charge in [0.05, 0.1) is 18.1 Å². The third kappa shape index (κ3) is 2.74. The van der Waals surface area contributed by atoms with Crippen LogP contribution in [0.4, 0.5) is 5.82 Å². The number of thiocarbonyl (C=S) groups is 1. The Bertz CT molecular complexity index is 702. The van der Waals surface area contributed by atoms with Crippen molar-refractivity contribution in [1.82, 2.24) is 19.7 Å². The Labute approximate surface area is 115 Å². The Morgan fingerprint density at radius 2 is 2.37 bits per heavy atom. The topological polar surface area (TPSA) is 119 Å². The Balaban J connectivity index is 2.31. The number of imidazole rings is 1. The summed E-state index contributed by atoms with van der Waals surface area (Å²) in [7, 11) is -3.80. The predicted octanol–water partition coefficient (Wildman–Crippen LogP) is 0.0611. The molecule has 4 N–H and O–H groups in total. The van der Waals surface area contributed by atoms with Gasteiger partial charge in [0.1, 0.15) is 10.8 Å². The van der Waals surface area contributed by atoms with Crippen molar-refractivity contribution in [2.75, 3.05) is 4.72 Å². The summed E-state index contributed by atoms with van der Waals surface area (Å²) in [5.41, 5.74) is 5.79. The quantitative estimate of drug-likeness (QED) is 0.672. The summed E-state index contributed by atoms with van der Waals surface area (Å²) in [5.74, 6) is 0.124. The molecule has 0 aliphatic carbocycles. The summed E-state index contributed by atoms with van der Waals surface area (Å²) < 4.78 is 28.1. The molecule has 0 fully saturated rings. The third-order valence-electron chi connectivity index (χ3n) is 2.39. The van der Waals surface area contributed by atoms with E-state index in [1.165, 1.54) is 18.7 Å². The minimum atomic E-state index is -3.80. The molecule has 8 nitrogen and oxygen atoms in total. The summed E-state index contributed by atoms with van der Waals surface area (Å²) in [6.45, 7) is 2.51. The van der Waals surface area contributed by atoms with Crippen LogP contribution < -0.4 is 10.5 Å². The van der Waals surface area contributed by atoms with E-state index in [0.717, 1.165) is 0 Å². The lowest BCUT2D eigenvalue weighted by Crippen LogP contribution is -2.17. The molecule has 2 aromatic rings. The SMILES string of the molecule is CCn1cnc(S(=O)(=O)Nc2[nH]ncc2C(N)=S)c1. The smallest absolute Gasteiger partial charge is 0.282 e. The van der Waals surface area contributed by atoms with Crippen molar-refractivity contribution in [2.24, 2.45) is 5.73 Å². The van der Waals surface area contributed by atoms with Gasteiger partial charge >= 0.3 is 0 Å². The van der Waals surface area contributed by atoms with Gasteiger partial charge in [0.25, 0.3) is 10.0 Å². The third-order valence-corrected chi connectivity index (χ3v) is 3.85. The number of aromatic nitrogens is 4. The number of aryl methyl sites for hydroxylation is 1. The average molecular weight is 300 g/mol. The molecular formula is C9H12N6O2S2. The summed E-state index contributed by atoms with van der Waals surface area (Å²) in [6, 6.07) is 0. The molecule has 0 aromatic carbocycles. The molecule has 0 amide bonds. The minimum Gasteiger partial charge on any atom is -0.389 e. The number of aromatic amines is 1. The zero-order chi connectivity index (χ0) is 14.0. The van der Waals surface area contributed by atoms with Crippen LogP contribution in [0.1, 0.15) is 12.5 Å². The Hall–Kier alpha value is -1.94. The lowest BCUT2D eigenvalue weighted by molar-refractivity contribution is 0.597. The summed E-state index contributed by atoms with van der Waals surface area (Å²) in [5, 5.41) is 6.10. The predicted molar refractivity (Wildman–Crippen MR) is 73.2 cm³/mol. The van der Waals surface area contributed by atoms with Crippen LogP contribution >= 0.6 is 12.2 Å². The number of nitrogens with zero attached hydrogens (tertiary/aromatic N) is 3. The van der Waals surface area contributed by atoms with Crippen molar-refractivity contribution in [1.29, 1.82) is 0 Å². The Morgan fingerprint density at radius 3 is 2.95 bits per heavy atom. The van der Waals surface area contributed by atoms with Crippen LogP contribution in [0.3, 0.4) is 0 Å². The largest absolute Gasteiger partial charge is 0.389 e. The van der Waals surface area contributed by atoms with Crippen LogP contribution in [0.15, 0.2) is 23.7 Å². The van der Waals surface area contributed by atoms with Crippen molar-refractivity contribution in [3.8, 4) is 0 Å². The van der Waals surface area contributed by atoms with Crippen LogP contribution in [-0.4, -0.2) is 33.2 Å². The van der Waals surface area contributed by atoms with E-state index in [-0.39, 0.29) is 15.8 Å². The number of nitrogens with one attached hydrogen (secondary N) is 2. The Morgan fingerprint density at radius 1 is 1.63 bits per heavy atom. The van der Waals surface area contributed by atoms with E-state index in [4.69, 9.17) is 18.0 Å². The number of sulfonamides is 1. The van der Waals surface area contributed by atoms with E-state index in [2.05, 4.69) is 19.9 Å². The van der Waals surface area contributed by atoms with Gasteiger partial charge in [-0.25, -0.2) is 4.98 Å². The standard InChI is InChI=1S/C9H12N6O2S2/c1-2-15-4-7(11-5-15)19(16,17)14-9-6(8(10)18)3-12-13-9/h3-5H,2H2,1H3,(H2,10,18)(H2,12,13,14). The van der Waals surface area contributed by atoms with Crippen molar-refractivity contribution in [3.05, 3.63) is 24.3 Å². The molecule has 0 radical (unpaired) electrons. The van der Waals surface area contributed by atoms with Gasteiger partial charge in [-0.15, -0.1) is 0 Å². The van der Waals surface area contributed by atoms with Crippen LogP contribution in [0.25, 0.3) is 0 Å². The first-order valence-corrected chi connectivity index (χ1v) is 7.21. The molecule has 0 unspecified atom stereocenters. The molecule has 2 aromatic heterocycles. The number of rotatable bonds is 5. The molecule has 0 spiro atoms.